The molecule has 1 unspecified atom stereocenters. The van der Waals surface area contributed by atoms with Crippen LogP contribution in [0.4, 0.5) is 0 Å². The summed E-state index contributed by atoms with van der Waals surface area (Å²) in [6.07, 6.45) is 0.816. The second-order valence-corrected chi connectivity index (χ2v) is 6.25. The van der Waals surface area contributed by atoms with Crippen LogP contribution in [0.25, 0.3) is 10.2 Å². The summed E-state index contributed by atoms with van der Waals surface area (Å²) in [5.74, 6) is 0. The molecule has 3 rings (SSSR count). The van der Waals surface area contributed by atoms with E-state index in [-0.39, 0.29) is 6.04 Å². The van der Waals surface area contributed by atoms with Gasteiger partial charge in [-0.25, -0.2) is 4.98 Å². The van der Waals surface area contributed by atoms with Crippen molar-refractivity contribution in [2.24, 2.45) is 5.73 Å². The fraction of sp³-hybridized carbons (Fsp3) is 0.214. The van der Waals surface area contributed by atoms with E-state index in [0.29, 0.717) is 0 Å². The molecule has 2 N–H and O–H groups in total. The molecule has 0 fully saturated rings. The Labute approximate surface area is 114 Å². The van der Waals surface area contributed by atoms with Crippen LogP contribution in [0.3, 0.4) is 0 Å². The second-order valence-electron chi connectivity index (χ2n) is 4.40. The number of rotatable bonds is 3. The van der Waals surface area contributed by atoms with Crippen LogP contribution in [0.5, 0.6) is 0 Å². The molecule has 2 heterocycles. The lowest BCUT2D eigenvalue weighted by Gasteiger charge is -2.09. The lowest BCUT2D eigenvalue weighted by molar-refractivity contribution is 0.717. The van der Waals surface area contributed by atoms with Gasteiger partial charge in [0.25, 0.3) is 0 Å². The van der Waals surface area contributed by atoms with Gasteiger partial charge in [-0.05, 0) is 40.9 Å². The van der Waals surface area contributed by atoms with E-state index >= 15 is 0 Å². The first-order valence-corrected chi connectivity index (χ1v) is 7.62. The van der Waals surface area contributed by atoms with E-state index in [4.69, 9.17) is 5.73 Å². The van der Waals surface area contributed by atoms with Crippen LogP contribution in [0.15, 0.2) is 35.0 Å². The minimum absolute atomic E-state index is 0.0526. The topological polar surface area (TPSA) is 38.9 Å². The number of thiophene rings is 1. The SMILES string of the molecule is Cc1cscc1C(N)Cc1nc2ccccc2s1. The smallest absolute Gasteiger partial charge is 0.0957 e. The van der Waals surface area contributed by atoms with Gasteiger partial charge in [-0.1, -0.05) is 12.1 Å². The van der Waals surface area contributed by atoms with Crippen molar-refractivity contribution >= 4 is 32.9 Å². The zero-order chi connectivity index (χ0) is 12.5. The molecule has 92 valence electrons. The van der Waals surface area contributed by atoms with Crippen molar-refractivity contribution in [3.63, 3.8) is 0 Å². The molecule has 0 spiro atoms. The molecule has 18 heavy (non-hydrogen) atoms. The van der Waals surface area contributed by atoms with Gasteiger partial charge in [-0.3, -0.25) is 0 Å². The van der Waals surface area contributed by atoms with E-state index in [1.54, 1.807) is 22.7 Å². The van der Waals surface area contributed by atoms with E-state index in [1.165, 1.54) is 15.8 Å². The minimum Gasteiger partial charge on any atom is -0.324 e. The zero-order valence-electron chi connectivity index (χ0n) is 10.1. The van der Waals surface area contributed by atoms with Crippen molar-refractivity contribution in [3.05, 3.63) is 51.2 Å². The quantitative estimate of drug-likeness (QED) is 0.786. The summed E-state index contributed by atoms with van der Waals surface area (Å²) in [5.41, 5.74) is 9.88. The van der Waals surface area contributed by atoms with E-state index in [9.17, 15) is 0 Å². The first kappa shape index (κ1) is 11.8. The molecular weight excluding hydrogens is 260 g/mol. The summed E-state index contributed by atoms with van der Waals surface area (Å²) in [6, 6.07) is 8.29. The Kier molecular flexibility index (Phi) is 3.16. The van der Waals surface area contributed by atoms with Crippen molar-refractivity contribution in [2.45, 2.75) is 19.4 Å². The van der Waals surface area contributed by atoms with E-state index in [1.807, 2.05) is 12.1 Å². The summed E-state index contributed by atoms with van der Waals surface area (Å²) >= 11 is 3.45. The largest absolute Gasteiger partial charge is 0.324 e. The maximum absolute atomic E-state index is 6.27. The fourth-order valence-electron chi connectivity index (χ4n) is 2.06. The predicted octanol–water partition coefficient (Wildman–Crippen LogP) is 3.91. The van der Waals surface area contributed by atoms with Gasteiger partial charge < -0.3 is 5.73 Å². The van der Waals surface area contributed by atoms with Crippen molar-refractivity contribution < 1.29 is 0 Å². The lowest BCUT2D eigenvalue weighted by Crippen LogP contribution is -2.13. The number of fused-ring (bicyclic) bond motifs is 1. The van der Waals surface area contributed by atoms with E-state index in [0.717, 1.165) is 16.9 Å². The number of thiazole rings is 1. The summed E-state index contributed by atoms with van der Waals surface area (Å²) in [5, 5.41) is 5.41. The molecule has 0 bridgehead atoms. The van der Waals surface area contributed by atoms with Gasteiger partial charge in [0.15, 0.2) is 0 Å². The van der Waals surface area contributed by atoms with Gasteiger partial charge >= 0.3 is 0 Å². The standard InChI is InChI=1S/C14H14N2S2/c1-9-7-17-8-10(9)11(15)6-14-16-12-4-2-3-5-13(12)18-14/h2-5,7-8,11H,6,15H2,1H3. The van der Waals surface area contributed by atoms with Gasteiger partial charge in [-0.15, -0.1) is 11.3 Å². The monoisotopic (exact) mass is 274 g/mol. The molecule has 0 amide bonds. The number of nitrogens with zero attached hydrogens (tertiary/aromatic N) is 1. The predicted molar refractivity (Wildman–Crippen MR) is 79.3 cm³/mol. The van der Waals surface area contributed by atoms with Crippen LogP contribution in [-0.2, 0) is 6.42 Å². The molecule has 0 aliphatic carbocycles. The number of benzene rings is 1. The molecule has 0 radical (unpaired) electrons. The van der Waals surface area contributed by atoms with Crippen LogP contribution in [0.2, 0.25) is 0 Å². The third kappa shape index (κ3) is 2.19. The molecule has 0 aliphatic rings. The minimum atomic E-state index is 0.0526. The van der Waals surface area contributed by atoms with Crippen molar-refractivity contribution in [1.82, 2.24) is 4.98 Å². The number of hydrogen-bond donors (Lipinski definition) is 1. The first-order valence-electron chi connectivity index (χ1n) is 5.87. The molecular formula is C14H14N2S2. The highest BCUT2D eigenvalue weighted by Gasteiger charge is 2.13. The Hall–Kier alpha value is -1.23. The van der Waals surface area contributed by atoms with Gasteiger partial charge in [0.05, 0.1) is 15.2 Å². The lowest BCUT2D eigenvalue weighted by atomic mass is 10.1. The van der Waals surface area contributed by atoms with Crippen LogP contribution in [0, 0.1) is 6.92 Å². The van der Waals surface area contributed by atoms with Crippen molar-refractivity contribution in [2.75, 3.05) is 0 Å². The molecule has 2 nitrogen and oxygen atoms in total. The Morgan fingerprint density at radius 3 is 2.83 bits per heavy atom. The zero-order valence-corrected chi connectivity index (χ0v) is 11.7. The molecule has 3 aromatic rings. The molecule has 0 saturated carbocycles. The Bertz CT molecular complexity index is 636. The van der Waals surface area contributed by atoms with Gasteiger partial charge in [-0.2, -0.15) is 11.3 Å². The number of hydrogen-bond acceptors (Lipinski definition) is 4. The van der Waals surface area contributed by atoms with Crippen LogP contribution in [-0.4, -0.2) is 4.98 Å². The number of aryl methyl sites for hydroxylation is 1. The Balaban J connectivity index is 1.86. The highest BCUT2D eigenvalue weighted by molar-refractivity contribution is 7.18. The van der Waals surface area contributed by atoms with Gasteiger partial charge in [0.2, 0.25) is 0 Å². The Morgan fingerprint density at radius 1 is 1.28 bits per heavy atom. The third-order valence-corrected chi connectivity index (χ3v) is 4.97. The summed E-state index contributed by atoms with van der Waals surface area (Å²) < 4.78 is 1.24. The number of nitrogens with two attached hydrogens (primary N) is 1. The highest BCUT2D eigenvalue weighted by atomic mass is 32.1. The maximum Gasteiger partial charge on any atom is 0.0957 e. The van der Waals surface area contributed by atoms with Crippen molar-refractivity contribution in [3.8, 4) is 0 Å². The molecule has 4 heteroatoms. The maximum atomic E-state index is 6.27. The normalized spacial score (nSPS) is 13.0. The average Bonchev–Trinajstić information content (AvgIpc) is 2.94. The van der Waals surface area contributed by atoms with E-state index in [2.05, 4.69) is 34.8 Å². The number of para-hydroxylation sites is 1. The average molecular weight is 274 g/mol. The second kappa shape index (κ2) is 4.80. The molecule has 1 atom stereocenters. The van der Waals surface area contributed by atoms with Crippen LogP contribution in [0.1, 0.15) is 22.2 Å². The molecule has 0 saturated heterocycles. The third-order valence-electron chi connectivity index (χ3n) is 3.03. The van der Waals surface area contributed by atoms with Crippen molar-refractivity contribution in [1.29, 1.82) is 0 Å². The van der Waals surface area contributed by atoms with E-state index < -0.39 is 0 Å². The Morgan fingerprint density at radius 2 is 2.11 bits per heavy atom. The summed E-state index contributed by atoms with van der Waals surface area (Å²) in [7, 11) is 0. The highest BCUT2D eigenvalue weighted by Crippen LogP contribution is 2.27. The molecule has 2 aromatic heterocycles. The van der Waals surface area contributed by atoms with Crippen LogP contribution < -0.4 is 5.73 Å². The summed E-state index contributed by atoms with van der Waals surface area (Å²) in [6.45, 7) is 2.12. The summed E-state index contributed by atoms with van der Waals surface area (Å²) in [4.78, 5) is 4.63. The van der Waals surface area contributed by atoms with Gasteiger partial charge in [0, 0.05) is 12.5 Å². The first-order chi connectivity index (χ1) is 8.74. The molecule has 1 aromatic carbocycles. The number of aromatic nitrogens is 1. The fourth-order valence-corrected chi connectivity index (χ4v) is 4.00. The van der Waals surface area contributed by atoms with Gasteiger partial charge in [0.1, 0.15) is 0 Å². The van der Waals surface area contributed by atoms with Crippen LogP contribution >= 0.6 is 22.7 Å². The molecule has 0 aliphatic heterocycles.